The Morgan fingerprint density at radius 1 is 1.21 bits per heavy atom. The summed E-state index contributed by atoms with van der Waals surface area (Å²) < 4.78 is 10.6. The highest BCUT2D eigenvalue weighted by molar-refractivity contribution is 6.03. The van der Waals surface area contributed by atoms with Gasteiger partial charge in [0.05, 0.1) is 33.0 Å². The highest BCUT2D eigenvalue weighted by Gasteiger charge is 2.34. The zero-order valence-electron chi connectivity index (χ0n) is 11.6. The molecule has 2 N–H and O–H groups in total. The molecule has 0 bridgehead atoms. The summed E-state index contributed by atoms with van der Waals surface area (Å²) >= 11 is 0. The number of hydrazine groups is 1. The number of nitrogens with zero attached hydrogens (tertiary/aromatic N) is 1. The molecule has 0 aromatic rings. The maximum absolute atomic E-state index is 11.6. The maximum Gasteiger partial charge on any atom is 0.232 e. The summed E-state index contributed by atoms with van der Waals surface area (Å²) in [5.41, 5.74) is 5.70. The number of carbonyl (C=O) groups is 2. The molecule has 0 aromatic heterocycles. The van der Waals surface area contributed by atoms with Gasteiger partial charge in [0.2, 0.25) is 11.8 Å². The van der Waals surface area contributed by atoms with E-state index in [1.165, 1.54) is 4.90 Å². The monoisotopic (exact) mass is 273 g/mol. The third-order valence-electron chi connectivity index (χ3n) is 2.85. The third kappa shape index (κ3) is 5.65. The minimum absolute atomic E-state index is 0.0945. The predicted octanol–water partition coefficient (Wildman–Crippen LogP) is -0.861. The fourth-order valence-electron chi connectivity index (χ4n) is 1.81. The van der Waals surface area contributed by atoms with E-state index in [1.807, 2.05) is 0 Å². The number of amides is 2. The van der Waals surface area contributed by atoms with Gasteiger partial charge in [-0.1, -0.05) is 6.92 Å². The molecule has 1 heterocycles. The van der Waals surface area contributed by atoms with Gasteiger partial charge in [-0.2, -0.15) is 0 Å². The molecule has 1 fully saturated rings. The summed E-state index contributed by atoms with van der Waals surface area (Å²) in [7, 11) is 1.80. The Labute approximate surface area is 113 Å². The van der Waals surface area contributed by atoms with Crippen LogP contribution in [-0.4, -0.2) is 63.3 Å². The van der Waals surface area contributed by atoms with Gasteiger partial charge in [0.25, 0.3) is 0 Å². The van der Waals surface area contributed by atoms with Gasteiger partial charge in [-0.3, -0.25) is 25.3 Å². The van der Waals surface area contributed by atoms with Gasteiger partial charge >= 0.3 is 0 Å². The molecule has 19 heavy (non-hydrogen) atoms. The molecule has 1 unspecified atom stereocenters. The van der Waals surface area contributed by atoms with Crippen LogP contribution in [0.5, 0.6) is 0 Å². The molecule has 0 saturated carbocycles. The number of likely N-dealkylation sites (tertiary alicyclic amines) is 1. The molecule has 1 atom stereocenters. The van der Waals surface area contributed by atoms with E-state index in [0.29, 0.717) is 39.4 Å². The molecule has 7 nitrogen and oxygen atoms in total. The van der Waals surface area contributed by atoms with Gasteiger partial charge in [-0.05, 0) is 7.05 Å². The molecule has 0 aromatic carbocycles. The molecule has 1 saturated heterocycles. The lowest BCUT2D eigenvalue weighted by Crippen LogP contribution is -2.33. The first-order chi connectivity index (χ1) is 9.16. The topological polar surface area (TPSA) is 79.9 Å². The SMILES string of the molecule is CNNCCOCCOCCN1C(=O)CC(C)C1=O. The summed E-state index contributed by atoms with van der Waals surface area (Å²) in [5.74, 6) is -0.381. The Bertz CT molecular complexity index is 299. The van der Waals surface area contributed by atoms with E-state index in [0.717, 1.165) is 6.54 Å². The fraction of sp³-hybridized carbons (Fsp3) is 0.833. The van der Waals surface area contributed by atoms with E-state index in [4.69, 9.17) is 9.47 Å². The van der Waals surface area contributed by atoms with Crippen molar-refractivity contribution in [1.82, 2.24) is 15.8 Å². The minimum Gasteiger partial charge on any atom is -0.378 e. The van der Waals surface area contributed by atoms with Crippen LogP contribution in [0.4, 0.5) is 0 Å². The van der Waals surface area contributed by atoms with E-state index in [2.05, 4.69) is 10.9 Å². The normalized spacial score (nSPS) is 19.5. The molecule has 2 amide bonds. The quantitative estimate of drug-likeness (QED) is 0.306. The Hall–Kier alpha value is -1.02. The van der Waals surface area contributed by atoms with Gasteiger partial charge < -0.3 is 9.47 Å². The smallest absolute Gasteiger partial charge is 0.232 e. The zero-order chi connectivity index (χ0) is 14.1. The van der Waals surface area contributed by atoms with Crippen LogP contribution in [-0.2, 0) is 19.1 Å². The molecule has 0 radical (unpaired) electrons. The van der Waals surface area contributed by atoms with Crippen LogP contribution < -0.4 is 10.9 Å². The summed E-state index contributed by atoms with van der Waals surface area (Å²) in [6.07, 6.45) is 0.320. The van der Waals surface area contributed by atoms with Crippen LogP contribution in [0.1, 0.15) is 13.3 Å². The average molecular weight is 273 g/mol. The number of hydrogen-bond donors (Lipinski definition) is 2. The van der Waals surface area contributed by atoms with Gasteiger partial charge in [-0.15, -0.1) is 0 Å². The number of hydrogen-bond acceptors (Lipinski definition) is 6. The summed E-state index contributed by atoms with van der Waals surface area (Å²) in [6.45, 7) is 4.77. The summed E-state index contributed by atoms with van der Waals surface area (Å²) in [4.78, 5) is 24.3. The second-order valence-electron chi connectivity index (χ2n) is 4.39. The first-order valence-corrected chi connectivity index (χ1v) is 6.56. The van der Waals surface area contributed by atoms with Gasteiger partial charge in [0, 0.05) is 18.9 Å². The van der Waals surface area contributed by atoms with E-state index >= 15 is 0 Å². The van der Waals surface area contributed by atoms with Crippen LogP contribution in [0.15, 0.2) is 0 Å². The van der Waals surface area contributed by atoms with E-state index in [1.54, 1.807) is 14.0 Å². The van der Waals surface area contributed by atoms with Gasteiger partial charge in [-0.25, -0.2) is 0 Å². The van der Waals surface area contributed by atoms with E-state index in [9.17, 15) is 9.59 Å². The van der Waals surface area contributed by atoms with Crippen molar-refractivity contribution in [3.8, 4) is 0 Å². The van der Waals surface area contributed by atoms with Crippen molar-refractivity contribution in [3.63, 3.8) is 0 Å². The van der Waals surface area contributed by atoms with Crippen LogP contribution >= 0.6 is 0 Å². The van der Waals surface area contributed by atoms with E-state index < -0.39 is 0 Å². The maximum atomic E-state index is 11.6. The van der Waals surface area contributed by atoms with Gasteiger partial charge in [0.1, 0.15) is 0 Å². The minimum atomic E-state index is -0.185. The van der Waals surface area contributed by atoms with Crippen LogP contribution in [0, 0.1) is 5.92 Å². The molecular weight excluding hydrogens is 250 g/mol. The molecule has 1 rings (SSSR count). The zero-order valence-corrected chi connectivity index (χ0v) is 11.6. The Morgan fingerprint density at radius 3 is 2.47 bits per heavy atom. The van der Waals surface area contributed by atoms with Crippen LogP contribution in [0.3, 0.4) is 0 Å². The first-order valence-electron chi connectivity index (χ1n) is 6.56. The Balaban J connectivity index is 1.96. The number of ether oxygens (including phenoxy) is 2. The lowest BCUT2D eigenvalue weighted by molar-refractivity contribution is -0.140. The molecule has 0 spiro atoms. The van der Waals surface area contributed by atoms with Crippen molar-refractivity contribution >= 4 is 11.8 Å². The standard InChI is InChI=1S/C12H23N3O4/c1-10-9-11(16)15(12(10)17)4-6-19-8-7-18-5-3-14-13-2/h10,13-14H,3-9H2,1-2H3. The average Bonchev–Trinajstić information content (AvgIpc) is 2.63. The Morgan fingerprint density at radius 2 is 1.89 bits per heavy atom. The molecule has 1 aliphatic rings. The molecule has 110 valence electrons. The highest BCUT2D eigenvalue weighted by atomic mass is 16.5. The van der Waals surface area contributed by atoms with Gasteiger partial charge in [0.15, 0.2) is 0 Å². The van der Waals surface area contributed by atoms with Crippen molar-refractivity contribution in [2.75, 3.05) is 46.6 Å². The second-order valence-corrected chi connectivity index (χ2v) is 4.39. The van der Waals surface area contributed by atoms with Crippen molar-refractivity contribution in [3.05, 3.63) is 0 Å². The number of nitrogens with one attached hydrogen (secondary N) is 2. The van der Waals surface area contributed by atoms with Crippen molar-refractivity contribution in [1.29, 1.82) is 0 Å². The number of imide groups is 1. The van der Waals surface area contributed by atoms with Crippen molar-refractivity contribution < 1.29 is 19.1 Å². The molecular formula is C12H23N3O4. The molecule has 1 aliphatic heterocycles. The van der Waals surface area contributed by atoms with Crippen LogP contribution in [0.25, 0.3) is 0 Å². The molecule has 0 aliphatic carbocycles. The lowest BCUT2D eigenvalue weighted by atomic mass is 10.1. The highest BCUT2D eigenvalue weighted by Crippen LogP contribution is 2.17. The second kappa shape index (κ2) is 8.98. The first kappa shape index (κ1) is 16.0. The Kier molecular flexibility index (Phi) is 7.57. The third-order valence-corrected chi connectivity index (χ3v) is 2.85. The predicted molar refractivity (Wildman–Crippen MR) is 69.2 cm³/mol. The molecule has 7 heteroatoms. The van der Waals surface area contributed by atoms with Crippen molar-refractivity contribution in [2.24, 2.45) is 5.92 Å². The largest absolute Gasteiger partial charge is 0.378 e. The fourth-order valence-corrected chi connectivity index (χ4v) is 1.81. The van der Waals surface area contributed by atoms with Crippen molar-refractivity contribution in [2.45, 2.75) is 13.3 Å². The summed E-state index contributed by atoms with van der Waals surface area (Å²) in [6, 6.07) is 0. The number of carbonyl (C=O) groups excluding carboxylic acids is 2. The van der Waals surface area contributed by atoms with Crippen LogP contribution in [0.2, 0.25) is 0 Å². The van der Waals surface area contributed by atoms with E-state index in [-0.39, 0.29) is 17.7 Å². The lowest BCUT2D eigenvalue weighted by Gasteiger charge is -2.14. The number of rotatable bonds is 10. The summed E-state index contributed by atoms with van der Waals surface area (Å²) in [5, 5.41) is 0.